The first-order chi connectivity index (χ1) is 9.24. The lowest BCUT2D eigenvalue weighted by Gasteiger charge is -2.29. The van der Waals surface area contributed by atoms with Crippen molar-refractivity contribution in [3.05, 3.63) is 35.2 Å². The highest BCUT2D eigenvalue weighted by atomic mass is 32.1. The summed E-state index contributed by atoms with van der Waals surface area (Å²) < 4.78 is 1.15. The number of carbonyl (C=O) groups is 1. The van der Waals surface area contributed by atoms with Crippen LogP contribution in [0.1, 0.15) is 35.4 Å². The molecule has 1 aliphatic rings. The number of nitrogens with two attached hydrogens (primary N) is 1. The van der Waals surface area contributed by atoms with E-state index in [1.54, 1.807) is 11.3 Å². The van der Waals surface area contributed by atoms with Crippen LogP contribution in [0.25, 0.3) is 10.1 Å². The lowest BCUT2D eigenvalue weighted by molar-refractivity contribution is 0.0925. The summed E-state index contributed by atoms with van der Waals surface area (Å²) in [5.74, 6) is 0.0172. The van der Waals surface area contributed by atoms with Gasteiger partial charge in [-0.15, -0.1) is 11.3 Å². The molecule has 1 aromatic heterocycles. The zero-order valence-corrected chi connectivity index (χ0v) is 11.6. The van der Waals surface area contributed by atoms with Crippen molar-refractivity contribution >= 4 is 27.3 Å². The topological polar surface area (TPSA) is 55.1 Å². The number of fused-ring (bicyclic) bond motifs is 1. The third-order valence-electron chi connectivity index (χ3n) is 3.79. The van der Waals surface area contributed by atoms with Gasteiger partial charge in [-0.3, -0.25) is 4.79 Å². The number of amides is 1. The summed E-state index contributed by atoms with van der Waals surface area (Å²) in [5.41, 5.74) is 6.07. The van der Waals surface area contributed by atoms with E-state index in [0.717, 1.165) is 34.2 Å². The monoisotopic (exact) mass is 274 g/mol. The average molecular weight is 274 g/mol. The van der Waals surface area contributed by atoms with Crippen molar-refractivity contribution in [2.24, 2.45) is 5.73 Å². The summed E-state index contributed by atoms with van der Waals surface area (Å²) in [6.45, 7) is 0. The molecule has 1 fully saturated rings. The summed E-state index contributed by atoms with van der Waals surface area (Å²) in [6, 6.07) is 10.3. The largest absolute Gasteiger partial charge is 0.347 e. The Morgan fingerprint density at radius 3 is 2.84 bits per heavy atom. The summed E-state index contributed by atoms with van der Waals surface area (Å²) in [6.07, 6.45) is 4.34. The Morgan fingerprint density at radius 1 is 1.26 bits per heavy atom. The summed E-state index contributed by atoms with van der Waals surface area (Å²) in [7, 11) is 0. The number of nitrogens with one attached hydrogen (secondary N) is 1. The Hall–Kier alpha value is -1.39. The van der Waals surface area contributed by atoms with Gasteiger partial charge in [0.1, 0.15) is 0 Å². The van der Waals surface area contributed by atoms with Gasteiger partial charge in [0.05, 0.1) is 4.88 Å². The van der Waals surface area contributed by atoms with Crippen molar-refractivity contribution in [2.45, 2.75) is 37.8 Å². The van der Waals surface area contributed by atoms with Crippen LogP contribution in [-0.2, 0) is 0 Å². The molecule has 1 heterocycles. The number of carbonyl (C=O) groups excluding carboxylic acids is 1. The van der Waals surface area contributed by atoms with E-state index in [2.05, 4.69) is 5.32 Å². The zero-order valence-electron chi connectivity index (χ0n) is 10.8. The molecule has 0 bridgehead atoms. The highest BCUT2D eigenvalue weighted by Crippen LogP contribution is 2.25. The number of hydrogen-bond donors (Lipinski definition) is 2. The first-order valence-electron chi connectivity index (χ1n) is 6.79. The lowest BCUT2D eigenvalue weighted by atomic mass is 9.91. The smallest absolute Gasteiger partial charge is 0.261 e. The Bertz CT molecular complexity index is 560. The minimum Gasteiger partial charge on any atom is -0.347 e. The Balaban J connectivity index is 1.76. The van der Waals surface area contributed by atoms with Crippen LogP contribution in [0.3, 0.4) is 0 Å². The first-order valence-corrected chi connectivity index (χ1v) is 7.61. The van der Waals surface area contributed by atoms with Crippen molar-refractivity contribution in [1.29, 1.82) is 0 Å². The van der Waals surface area contributed by atoms with Gasteiger partial charge in [-0.25, -0.2) is 0 Å². The normalized spacial score (nSPS) is 23.4. The van der Waals surface area contributed by atoms with Crippen LogP contribution in [0.2, 0.25) is 0 Å². The molecule has 0 aliphatic heterocycles. The second kappa shape index (κ2) is 5.31. The average Bonchev–Trinajstić information content (AvgIpc) is 2.85. The molecule has 100 valence electrons. The molecule has 0 saturated heterocycles. The van der Waals surface area contributed by atoms with Gasteiger partial charge < -0.3 is 11.1 Å². The highest BCUT2D eigenvalue weighted by molar-refractivity contribution is 7.20. The van der Waals surface area contributed by atoms with Crippen LogP contribution in [0, 0.1) is 0 Å². The van der Waals surface area contributed by atoms with Gasteiger partial charge in [0.15, 0.2) is 0 Å². The van der Waals surface area contributed by atoms with Gasteiger partial charge in [-0.05, 0) is 30.4 Å². The zero-order chi connectivity index (χ0) is 13.2. The van der Waals surface area contributed by atoms with Crippen molar-refractivity contribution in [1.82, 2.24) is 5.32 Å². The Morgan fingerprint density at radius 2 is 2.05 bits per heavy atom. The molecule has 0 radical (unpaired) electrons. The molecule has 4 heteroatoms. The number of rotatable bonds is 2. The molecule has 2 aromatic rings. The van der Waals surface area contributed by atoms with E-state index in [0.29, 0.717) is 0 Å². The fourth-order valence-electron chi connectivity index (χ4n) is 2.67. The Kier molecular flexibility index (Phi) is 3.53. The van der Waals surface area contributed by atoms with Gasteiger partial charge in [-0.1, -0.05) is 31.0 Å². The van der Waals surface area contributed by atoms with Crippen molar-refractivity contribution in [2.75, 3.05) is 0 Å². The SMILES string of the molecule is NC1CCCCC1NC(=O)c1cc2ccccc2s1. The van der Waals surface area contributed by atoms with Crippen molar-refractivity contribution in [3.63, 3.8) is 0 Å². The maximum atomic E-state index is 12.3. The number of thiophene rings is 1. The summed E-state index contributed by atoms with van der Waals surface area (Å²) >= 11 is 1.54. The minimum absolute atomic E-state index is 0.0172. The predicted molar refractivity (Wildman–Crippen MR) is 79.5 cm³/mol. The highest BCUT2D eigenvalue weighted by Gasteiger charge is 2.24. The summed E-state index contributed by atoms with van der Waals surface area (Å²) in [5, 5.41) is 4.22. The molecule has 1 amide bonds. The Labute approximate surface area is 116 Å². The molecule has 1 aromatic carbocycles. The molecule has 3 N–H and O–H groups in total. The fourth-order valence-corrected chi connectivity index (χ4v) is 3.64. The molecular formula is C15H18N2OS. The molecule has 3 nitrogen and oxygen atoms in total. The molecule has 2 unspecified atom stereocenters. The van der Waals surface area contributed by atoms with Crippen LogP contribution in [0.5, 0.6) is 0 Å². The number of benzene rings is 1. The van der Waals surface area contributed by atoms with Crippen LogP contribution >= 0.6 is 11.3 Å². The van der Waals surface area contributed by atoms with E-state index in [1.165, 1.54) is 6.42 Å². The molecule has 19 heavy (non-hydrogen) atoms. The molecule has 0 spiro atoms. The quantitative estimate of drug-likeness (QED) is 0.884. The minimum atomic E-state index is 0.0172. The van der Waals surface area contributed by atoms with Gasteiger partial charge in [0.25, 0.3) is 5.91 Å². The molecule has 3 rings (SSSR count). The van der Waals surface area contributed by atoms with Crippen LogP contribution in [-0.4, -0.2) is 18.0 Å². The standard InChI is InChI=1S/C15H18N2OS/c16-11-6-2-3-7-12(11)17-15(18)14-9-10-5-1-4-8-13(10)19-14/h1,4-5,8-9,11-12H,2-3,6-7,16H2,(H,17,18). The maximum Gasteiger partial charge on any atom is 0.261 e. The molecular weight excluding hydrogens is 256 g/mol. The van der Waals surface area contributed by atoms with Crippen LogP contribution in [0.4, 0.5) is 0 Å². The van der Waals surface area contributed by atoms with E-state index in [4.69, 9.17) is 5.73 Å². The maximum absolute atomic E-state index is 12.3. The second-order valence-electron chi connectivity index (χ2n) is 5.18. The van der Waals surface area contributed by atoms with Crippen LogP contribution < -0.4 is 11.1 Å². The molecule has 2 atom stereocenters. The fraction of sp³-hybridized carbons (Fsp3) is 0.400. The van der Waals surface area contributed by atoms with E-state index >= 15 is 0 Å². The molecule has 1 saturated carbocycles. The third kappa shape index (κ3) is 2.65. The van der Waals surface area contributed by atoms with E-state index < -0.39 is 0 Å². The summed E-state index contributed by atoms with van der Waals surface area (Å²) in [4.78, 5) is 13.0. The predicted octanol–water partition coefficient (Wildman–Crippen LogP) is 2.90. The van der Waals surface area contributed by atoms with Crippen molar-refractivity contribution in [3.8, 4) is 0 Å². The lowest BCUT2D eigenvalue weighted by Crippen LogP contribution is -2.49. The first kappa shape index (κ1) is 12.6. The van der Waals surface area contributed by atoms with Gasteiger partial charge in [0, 0.05) is 16.8 Å². The van der Waals surface area contributed by atoms with Crippen molar-refractivity contribution < 1.29 is 4.79 Å². The number of hydrogen-bond acceptors (Lipinski definition) is 3. The van der Waals surface area contributed by atoms with Gasteiger partial charge >= 0.3 is 0 Å². The van der Waals surface area contributed by atoms with E-state index in [1.807, 2.05) is 30.3 Å². The molecule has 1 aliphatic carbocycles. The van der Waals surface area contributed by atoms with Gasteiger partial charge in [-0.2, -0.15) is 0 Å². The van der Waals surface area contributed by atoms with Crippen LogP contribution in [0.15, 0.2) is 30.3 Å². The van der Waals surface area contributed by atoms with Gasteiger partial charge in [0.2, 0.25) is 0 Å². The third-order valence-corrected chi connectivity index (χ3v) is 4.90. The van der Waals surface area contributed by atoms with E-state index in [-0.39, 0.29) is 18.0 Å². The second-order valence-corrected chi connectivity index (χ2v) is 6.26. The van der Waals surface area contributed by atoms with E-state index in [9.17, 15) is 4.79 Å².